The number of methoxy groups -OCH3 is 1. The number of imidazole rings is 1. The smallest absolute Gasteiger partial charge is 0.140 e. The third kappa shape index (κ3) is 4.43. The van der Waals surface area contributed by atoms with Crippen molar-refractivity contribution < 1.29 is 4.74 Å². The Balaban J connectivity index is 1.77. The average molecular weight is 313 g/mol. The SMILES string of the molecule is COCCCCn1cc(C(C)NC2CC2)nc1-c1ccccc1. The molecule has 1 heterocycles. The predicted octanol–water partition coefficient (Wildman–Crippen LogP) is 3.79. The van der Waals surface area contributed by atoms with Gasteiger partial charge in [0, 0.05) is 44.1 Å². The molecule has 1 atom stereocenters. The topological polar surface area (TPSA) is 39.1 Å². The van der Waals surface area contributed by atoms with E-state index in [-0.39, 0.29) is 0 Å². The molecule has 1 fully saturated rings. The van der Waals surface area contributed by atoms with Crippen LogP contribution in [0.15, 0.2) is 36.5 Å². The highest BCUT2D eigenvalue weighted by Gasteiger charge is 2.24. The van der Waals surface area contributed by atoms with Crippen LogP contribution in [0, 0.1) is 0 Å². The number of ether oxygens (including phenoxy) is 1. The van der Waals surface area contributed by atoms with Crippen molar-refractivity contribution in [3.63, 3.8) is 0 Å². The molecule has 0 saturated heterocycles. The Morgan fingerprint density at radius 3 is 2.74 bits per heavy atom. The lowest BCUT2D eigenvalue weighted by Gasteiger charge is -2.09. The van der Waals surface area contributed by atoms with Crippen molar-refractivity contribution in [2.75, 3.05) is 13.7 Å². The minimum Gasteiger partial charge on any atom is -0.385 e. The summed E-state index contributed by atoms with van der Waals surface area (Å²) in [6.45, 7) is 4.02. The van der Waals surface area contributed by atoms with Crippen molar-refractivity contribution in [3.05, 3.63) is 42.2 Å². The number of aromatic nitrogens is 2. The second-order valence-corrected chi connectivity index (χ2v) is 6.41. The molecule has 0 bridgehead atoms. The number of hydrogen-bond acceptors (Lipinski definition) is 3. The van der Waals surface area contributed by atoms with Gasteiger partial charge in [-0.1, -0.05) is 30.3 Å². The van der Waals surface area contributed by atoms with E-state index >= 15 is 0 Å². The Hall–Kier alpha value is -1.65. The van der Waals surface area contributed by atoms with Crippen molar-refractivity contribution in [1.29, 1.82) is 0 Å². The minimum atomic E-state index is 0.310. The second kappa shape index (κ2) is 7.75. The molecule has 1 aliphatic carbocycles. The van der Waals surface area contributed by atoms with E-state index < -0.39 is 0 Å². The van der Waals surface area contributed by atoms with Crippen LogP contribution in [0.1, 0.15) is 44.3 Å². The molecular formula is C19H27N3O. The molecule has 4 heteroatoms. The van der Waals surface area contributed by atoms with Crippen LogP contribution in [0.25, 0.3) is 11.4 Å². The molecule has 1 N–H and O–H groups in total. The summed E-state index contributed by atoms with van der Waals surface area (Å²) >= 11 is 0. The van der Waals surface area contributed by atoms with Crippen LogP contribution in [-0.2, 0) is 11.3 Å². The van der Waals surface area contributed by atoms with Crippen LogP contribution in [0.2, 0.25) is 0 Å². The van der Waals surface area contributed by atoms with Gasteiger partial charge in [0.2, 0.25) is 0 Å². The lowest BCUT2D eigenvalue weighted by molar-refractivity contribution is 0.191. The van der Waals surface area contributed by atoms with E-state index in [2.05, 4.69) is 47.3 Å². The molecule has 124 valence electrons. The van der Waals surface area contributed by atoms with Gasteiger partial charge in [-0.05, 0) is 32.6 Å². The fourth-order valence-electron chi connectivity index (χ4n) is 2.85. The fourth-order valence-corrected chi connectivity index (χ4v) is 2.85. The molecule has 1 unspecified atom stereocenters. The zero-order chi connectivity index (χ0) is 16.1. The first-order valence-corrected chi connectivity index (χ1v) is 8.65. The maximum absolute atomic E-state index is 5.15. The monoisotopic (exact) mass is 313 g/mol. The normalized spacial score (nSPS) is 15.7. The molecule has 1 aromatic heterocycles. The average Bonchev–Trinajstić information content (AvgIpc) is 3.28. The molecule has 0 aliphatic heterocycles. The number of unbranched alkanes of at least 4 members (excludes halogenated alkanes) is 1. The van der Waals surface area contributed by atoms with Crippen LogP contribution < -0.4 is 5.32 Å². The number of nitrogens with one attached hydrogen (secondary N) is 1. The summed E-state index contributed by atoms with van der Waals surface area (Å²) in [6.07, 6.45) is 7.00. The number of benzene rings is 1. The van der Waals surface area contributed by atoms with Gasteiger partial charge in [-0.25, -0.2) is 4.98 Å². The highest BCUT2D eigenvalue weighted by molar-refractivity contribution is 5.55. The van der Waals surface area contributed by atoms with Crippen molar-refractivity contribution >= 4 is 0 Å². The van der Waals surface area contributed by atoms with Gasteiger partial charge in [0.15, 0.2) is 0 Å². The van der Waals surface area contributed by atoms with Gasteiger partial charge in [-0.15, -0.1) is 0 Å². The lowest BCUT2D eigenvalue weighted by atomic mass is 10.2. The Morgan fingerprint density at radius 2 is 2.04 bits per heavy atom. The first kappa shape index (κ1) is 16.2. The molecule has 3 rings (SSSR count). The standard InChI is InChI=1S/C19H27N3O/c1-15(20-17-10-11-17)18-14-22(12-6-7-13-23-2)19(21-18)16-8-4-3-5-9-16/h3-5,8-9,14-15,17,20H,6-7,10-13H2,1-2H3. The lowest BCUT2D eigenvalue weighted by Crippen LogP contribution is -2.20. The Morgan fingerprint density at radius 1 is 1.26 bits per heavy atom. The first-order chi connectivity index (χ1) is 11.3. The summed E-state index contributed by atoms with van der Waals surface area (Å²) in [6, 6.07) is 11.5. The van der Waals surface area contributed by atoms with E-state index in [1.807, 2.05) is 6.07 Å². The van der Waals surface area contributed by atoms with E-state index in [1.54, 1.807) is 7.11 Å². The van der Waals surface area contributed by atoms with Crippen LogP contribution in [0.5, 0.6) is 0 Å². The summed E-state index contributed by atoms with van der Waals surface area (Å²) in [5.41, 5.74) is 2.33. The zero-order valence-corrected chi connectivity index (χ0v) is 14.2. The van der Waals surface area contributed by atoms with E-state index in [4.69, 9.17) is 9.72 Å². The second-order valence-electron chi connectivity index (χ2n) is 6.41. The maximum Gasteiger partial charge on any atom is 0.140 e. The van der Waals surface area contributed by atoms with Crippen molar-refractivity contribution in [2.45, 2.75) is 51.2 Å². The molecule has 23 heavy (non-hydrogen) atoms. The largest absolute Gasteiger partial charge is 0.385 e. The molecule has 1 aromatic carbocycles. The van der Waals surface area contributed by atoms with Gasteiger partial charge in [-0.3, -0.25) is 0 Å². The number of aryl methyl sites for hydroxylation is 1. The predicted molar refractivity (Wildman–Crippen MR) is 93.3 cm³/mol. The fraction of sp³-hybridized carbons (Fsp3) is 0.526. The summed E-state index contributed by atoms with van der Waals surface area (Å²) in [5, 5.41) is 3.64. The first-order valence-electron chi connectivity index (χ1n) is 8.65. The maximum atomic E-state index is 5.15. The number of rotatable bonds is 9. The third-order valence-corrected chi connectivity index (χ3v) is 4.33. The molecule has 0 amide bonds. The van der Waals surface area contributed by atoms with E-state index in [9.17, 15) is 0 Å². The molecule has 0 radical (unpaired) electrons. The van der Waals surface area contributed by atoms with Crippen molar-refractivity contribution in [2.24, 2.45) is 0 Å². The summed E-state index contributed by atoms with van der Waals surface area (Å²) in [5.74, 6) is 1.07. The number of hydrogen-bond donors (Lipinski definition) is 1. The van der Waals surface area contributed by atoms with Crippen LogP contribution in [0.4, 0.5) is 0 Å². The van der Waals surface area contributed by atoms with Crippen LogP contribution in [0.3, 0.4) is 0 Å². The molecule has 0 spiro atoms. The third-order valence-electron chi connectivity index (χ3n) is 4.33. The summed E-state index contributed by atoms with van der Waals surface area (Å²) < 4.78 is 7.45. The Kier molecular flexibility index (Phi) is 5.47. The van der Waals surface area contributed by atoms with Gasteiger partial charge >= 0.3 is 0 Å². The van der Waals surface area contributed by atoms with E-state index in [0.29, 0.717) is 12.1 Å². The Bertz CT molecular complexity index is 604. The summed E-state index contributed by atoms with van der Waals surface area (Å²) in [7, 11) is 1.76. The molecular weight excluding hydrogens is 286 g/mol. The quantitative estimate of drug-likeness (QED) is 0.716. The molecule has 4 nitrogen and oxygen atoms in total. The van der Waals surface area contributed by atoms with Gasteiger partial charge in [0.05, 0.1) is 5.69 Å². The van der Waals surface area contributed by atoms with Crippen molar-refractivity contribution in [3.8, 4) is 11.4 Å². The van der Waals surface area contributed by atoms with Gasteiger partial charge < -0.3 is 14.6 Å². The van der Waals surface area contributed by atoms with Gasteiger partial charge in [-0.2, -0.15) is 0 Å². The molecule has 1 aliphatic rings. The van der Waals surface area contributed by atoms with Crippen LogP contribution in [-0.4, -0.2) is 29.3 Å². The number of nitrogens with zero attached hydrogens (tertiary/aromatic N) is 2. The minimum absolute atomic E-state index is 0.310. The molecule has 2 aromatic rings. The highest BCUT2D eigenvalue weighted by atomic mass is 16.5. The van der Waals surface area contributed by atoms with E-state index in [0.717, 1.165) is 37.5 Å². The van der Waals surface area contributed by atoms with Crippen LogP contribution >= 0.6 is 0 Å². The molecule has 1 saturated carbocycles. The zero-order valence-electron chi connectivity index (χ0n) is 14.2. The van der Waals surface area contributed by atoms with E-state index in [1.165, 1.54) is 18.4 Å². The van der Waals surface area contributed by atoms with Crippen molar-refractivity contribution in [1.82, 2.24) is 14.9 Å². The van der Waals surface area contributed by atoms with Gasteiger partial charge in [0.25, 0.3) is 0 Å². The van der Waals surface area contributed by atoms with Gasteiger partial charge in [0.1, 0.15) is 5.82 Å². The Labute approximate surface area is 138 Å². The highest BCUT2D eigenvalue weighted by Crippen LogP contribution is 2.26. The summed E-state index contributed by atoms with van der Waals surface area (Å²) in [4.78, 5) is 4.93.